The normalized spacial score (nSPS) is 15.4. The molecule has 1 aromatic rings. The molecule has 1 aliphatic rings. The van der Waals surface area contributed by atoms with E-state index in [4.69, 9.17) is 4.74 Å². The van der Waals surface area contributed by atoms with E-state index in [1.54, 1.807) is 0 Å². The van der Waals surface area contributed by atoms with Gasteiger partial charge in [0, 0.05) is 18.8 Å². The fourth-order valence-electron chi connectivity index (χ4n) is 1.74. The van der Waals surface area contributed by atoms with Crippen molar-refractivity contribution in [1.29, 1.82) is 0 Å². The first kappa shape index (κ1) is 13.0. The minimum atomic E-state index is 0.854. The Bertz CT molecular complexity index is 317. The van der Waals surface area contributed by atoms with Crippen molar-refractivity contribution in [2.45, 2.75) is 27.7 Å². The quantitative estimate of drug-likeness (QED) is 0.722. The number of aryl methyl sites for hydroxylation is 2. The van der Waals surface area contributed by atoms with Crippen molar-refractivity contribution in [3.63, 3.8) is 0 Å². The van der Waals surface area contributed by atoms with Gasteiger partial charge in [0.25, 0.3) is 0 Å². The van der Waals surface area contributed by atoms with Crippen LogP contribution in [0.2, 0.25) is 0 Å². The first-order valence-corrected chi connectivity index (χ1v) is 6.17. The second kappa shape index (κ2) is 6.54. The molecule has 0 spiro atoms. The first-order valence-electron chi connectivity index (χ1n) is 6.17. The van der Waals surface area contributed by atoms with E-state index in [9.17, 15) is 0 Å². The number of rotatable bonds is 1. The van der Waals surface area contributed by atoms with Crippen molar-refractivity contribution >= 4 is 5.69 Å². The lowest BCUT2D eigenvalue weighted by Crippen LogP contribution is -2.36. The number of benzene rings is 1. The zero-order chi connectivity index (χ0) is 12.0. The van der Waals surface area contributed by atoms with Crippen LogP contribution in [0, 0.1) is 13.8 Å². The summed E-state index contributed by atoms with van der Waals surface area (Å²) in [6.45, 7) is 12.1. The van der Waals surface area contributed by atoms with Gasteiger partial charge < -0.3 is 9.64 Å². The number of ether oxygens (including phenoxy) is 1. The van der Waals surface area contributed by atoms with Crippen LogP contribution in [0.5, 0.6) is 0 Å². The number of hydrogen-bond acceptors (Lipinski definition) is 2. The standard InChI is InChI=1S/C12H17NO.C2H6/c1-10-3-4-12(9-11(10)2)13-5-7-14-8-6-13;1-2/h3-4,9H,5-8H2,1-2H3;1-2H3. The predicted octanol–water partition coefficient (Wildman–Crippen LogP) is 3.17. The summed E-state index contributed by atoms with van der Waals surface area (Å²) in [5.74, 6) is 0. The van der Waals surface area contributed by atoms with Crippen molar-refractivity contribution in [3.8, 4) is 0 Å². The average molecular weight is 221 g/mol. The van der Waals surface area contributed by atoms with Gasteiger partial charge in [-0.3, -0.25) is 0 Å². The molecule has 2 heteroatoms. The van der Waals surface area contributed by atoms with Gasteiger partial charge in [-0.1, -0.05) is 19.9 Å². The summed E-state index contributed by atoms with van der Waals surface area (Å²) in [7, 11) is 0. The van der Waals surface area contributed by atoms with Crippen molar-refractivity contribution in [2.24, 2.45) is 0 Å². The van der Waals surface area contributed by atoms with Crippen molar-refractivity contribution in [1.82, 2.24) is 0 Å². The molecule has 0 aromatic heterocycles. The van der Waals surface area contributed by atoms with Crippen LogP contribution < -0.4 is 4.90 Å². The maximum Gasteiger partial charge on any atom is 0.0642 e. The first-order chi connectivity index (χ1) is 7.77. The van der Waals surface area contributed by atoms with Crippen LogP contribution in [0.25, 0.3) is 0 Å². The number of anilines is 1. The van der Waals surface area contributed by atoms with E-state index in [2.05, 4.69) is 36.9 Å². The maximum atomic E-state index is 5.33. The van der Waals surface area contributed by atoms with Crippen LogP contribution in [-0.4, -0.2) is 26.3 Å². The Balaban J connectivity index is 0.000000606. The second-order valence-corrected chi connectivity index (χ2v) is 3.87. The summed E-state index contributed by atoms with van der Waals surface area (Å²) >= 11 is 0. The third-order valence-corrected chi connectivity index (χ3v) is 2.87. The van der Waals surface area contributed by atoms with Crippen LogP contribution in [0.4, 0.5) is 5.69 Å². The van der Waals surface area contributed by atoms with Crippen molar-refractivity contribution in [2.75, 3.05) is 31.2 Å². The molecular weight excluding hydrogens is 198 g/mol. The van der Waals surface area contributed by atoms with Gasteiger partial charge in [0.05, 0.1) is 13.2 Å². The van der Waals surface area contributed by atoms with Crippen molar-refractivity contribution < 1.29 is 4.74 Å². The van der Waals surface area contributed by atoms with Crippen LogP contribution in [-0.2, 0) is 4.74 Å². The number of nitrogens with zero attached hydrogens (tertiary/aromatic N) is 1. The Morgan fingerprint density at radius 2 is 1.62 bits per heavy atom. The highest BCUT2D eigenvalue weighted by atomic mass is 16.5. The topological polar surface area (TPSA) is 12.5 Å². The molecule has 1 aliphatic heterocycles. The molecule has 0 atom stereocenters. The zero-order valence-corrected chi connectivity index (χ0v) is 10.9. The molecule has 1 heterocycles. The van der Waals surface area contributed by atoms with Gasteiger partial charge >= 0.3 is 0 Å². The highest BCUT2D eigenvalue weighted by Gasteiger charge is 2.10. The lowest BCUT2D eigenvalue weighted by Gasteiger charge is -2.29. The van der Waals surface area contributed by atoms with E-state index in [1.165, 1.54) is 16.8 Å². The molecule has 2 nitrogen and oxygen atoms in total. The molecule has 0 aliphatic carbocycles. The van der Waals surface area contributed by atoms with Crippen LogP contribution in [0.15, 0.2) is 18.2 Å². The Kier molecular flexibility index (Phi) is 5.33. The third-order valence-electron chi connectivity index (χ3n) is 2.87. The van der Waals surface area contributed by atoms with E-state index in [0.717, 1.165) is 26.3 Å². The monoisotopic (exact) mass is 221 g/mol. The highest BCUT2D eigenvalue weighted by Crippen LogP contribution is 2.19. The SMILES string of the molecule is CC.Cc1ccc(N2CCOCC2)cc1C. The molecule has 1 saturated heterocycles. The van der Waals surface area contributed by atoms with E-state index < -0.39 is 0 Å². The number of hydrogen-bond donors (Lipinski definition) is 0. The molecule has 0 saturated carbocycles. The largest absolute Gasteiger partial charge is 0.378 e. The van der Waals surface area contributed by atoms with Gasteiger partial charge in [-0.05, 0) is 37.1 Å². The summed E-state index contributed by atoms with van der Waals surface area (Å²) in [4.78, 5) is 2.38. The molecule has 0 amide bonds. The van der Waals surface area contributed by atoms with E-state index in [0.29, 0.717) is 0 Å². The van der Waals surface area contributed by atoms with Crippen LogP contribution in [0.1, 0.15) is 25.0 Å². The Morgan fingerprint density at radius 1 is 1.00 bits per heavy atom. The lowest BCUT2D eigenvalue weighted by atomic mass is 10.1. The molecule has 1 fully saturated rings. The number of morpholine rings is 1. The minimum absolute atomic E-state index is 0.854. The summed E-state index contributed by atoms with van der Waals surface area (Å²) in [6.07, 6.45) is 0. The molecule has 0 unspecified atom stereocenters. The molecule has 0 N–H and O–H groups in total. The van der Waals surface area contributed by atoms with E-state index in [1.807, 2.05) is 13.8 Å². The van der Waals surface area contributed by atoms with Gasteiger partial charge in [0.1, 0.15) is 0 Å². The average Bonchev–Trinajstić information content (AvgIpc) is 2.36. The second-order valence-electron chi connectivity index (χ2n) is 3.87. The zero-order valence-electron chi connectivity index (χ0n) is 10.9. The Labute approximate surface area is 99.2 Å². The molecular formula is C14H23NO. The Hall–Kier alpha value is -1.02. The van der Waals surface area contributed by atoms with Crippen LogP contribution in [0.3, 0.4) is 0 Å². The molecule has 0 radical (unpaired) electrons. The molecule has 1 aromatic carbocycles. The molecule has 16 heavy (non-hydrogen) atoms. The van der Waals surface area contributed by atoms with E-state index >= 15 is 0 Å². The van der Waals surface area contributed by atoms with Gasteiger partial charge in [0.2, 0.25) is 0 Å². The van der Waals surface area contributed by atoms with Crippen LogP contribution >= 0.6 is 0 Å². The van der Waals surface area contributed by atoms with Gasteiger partial charge in [-0.2, -0.15) is 0 Å². The summed E-state index contributed by atoms with van der Waals surface area (Å²) < 4.78 is 5.33. The smallest absolute Gasteiger partial charge is 0.0642 e. The fraction of sp³-hybridized carbons (Fsp3) is 0.571. The third kappa shape index (κ3) is 3.24. The Morgan fingerprint density at radius 3 is 2.19 bits per heavy atom. The van der Waals surface area contributed by atoms with Crippen molar-refractivity contribution in [3.05, 3.63) is 29.3 Å². The molecule has 0 bridgehead atoms. The van der Waals surface area contributed by atoms with Gasteiger partial charge in [0.15, 0.2) is 0 Å². The summed E-state index contributed by atoms with van der Waals surface area (Å²) in [5, 5.41) is 0. The molecule has 2 rings (SSSR count). The summed E-state index contributed by atoms with van der Waals surface area (Å²) in [6, 6.07) is 6.66. The molecule has 90 valence electrons. The van der Waals surface area contributed by atoms with Gasteiger partial charge in [-0.15, -0.1) is 0 Å². The van der Waals surface area contributed by atoms with E-state index in [-0.39, 0.29) is 0 Å². The fourth-order valence-corrected chi connectivity index (χ4v) is 1.74. The highest BCUT2D eigenvalue weighted by molar-refractivity contribution is 5.50. The maximum absolute atomic E-state index is 5.33. The lowest BCUT2D eigenvalue weighted by molar-refractivity contribution is 0.122. The minimum Gasteiger partial charge on any atom is -0.378 e. The summed E-state index contributed by atoms with van der Waals surface area (Å²) in [5.41, 5.74) is 4.06. The predicted molar refractivity (Wildman–Crippen MR) is 70.3 cm³/mol. The van der Waals surface area contributed by atoms with Gasteiger partial charge in [-0.25, -0.2) is 0 Å².